The van der Waals surface area contributed by atoms with Crippen LogP contribution in [0.25, 0.3) is 0 Å². The molecule has 0 amide bonds. The average Bonchev–Trinajstić information content (AvgIpc) is 2.15. The minimum absolute atomic E-state index is 0.0529. The lowest BCUT2D eigenvalue weighted by Gasteiger charge is -2.02. The van der Waals surface area contributed by atoms with Gasteiger partial charge in [-0.15, -0.1) is 0 Å². The van der Waals surface area contributed by atoms with Crippen LogP contribution in [0.1, 0.15) is 5.56 Å². The first-order chi connectivity index (χ1) is 6.22. The highest BCUT2D eigenvalue weighted by Crippen LogP contribution is 2.40. The maximum atomic E-state index is 11.7. The molecular formula is C8H9F2O2P. The van der Waals surface area contributed by atoms with Gasteiger partial charge in [0.15, 0.2) is 0 Å². The Labute approximate surface area is 76.6 Å². The quantitative estimate of drug-likeness (QED) is 0.703. The molecule has 0 unspecified atom stereocenters. The van der Waals surface area contributed by atoms with Crippen molar-refractivity contribution in [1.29, 1.82) is 0 Å². The zero-order valence-electron chi connectivity index (χ0n) is 7.04. The molecule has 0 aliphatic heterocycles. The molecule has 1 rings (SSSR count). The normalized spacial score (nSPS) is 10.5. The molecule has 0 radical (unpaired) electrons. The van der Waals surface area contributed by atoms with Gasteiger partial charge in [0.05, 0.1) is 13.7 Å². The second kappa shape index (κ2) is 5.10. The Morgan fingerprint density at radius 1 is 1.23 bits per heavy atom. The summed E-state index contributed by atoms with van der Waals surface area (Å²) in [7, 11) is -1.72. The molecule has 1 aromatic carbocycles. The van der Waals surface area contributed by atoms with E-state index in [0.29, 0.717) is 11.3 Å². The predicted octanol–water partition coefficient (Wildman–Crippen LogP) is 3.38. The number of methoxy groups -OCH3 is 1. The fourth-order valence-electron chi connectivity index (χ4n) is 0.845. The van der Waals surface area contributed by atoms with Crippen LogP contribution in [0.5, 0.6) is 5.75 Å². The summed E-state index contributed by atoms with van der Waals surface area (Å²) < 4.78 is 32.5. The summed E-state index contributed by atoms with van der Waals surface area (Å²) in [5.74, 6) is 0.700. The number of hydrogen-bond donors (Lipinski definition) is 0. The summed E-state index contributed by atoms with van der Waals surface area (Å²) in [5, 5.41) is 0. The monoisotopic (exact) mass is 206 g/mol. The first-order valence-corrected chi connectivity index (χ1v) is 4.64. The zero-order chi connectivity index (χ0) is 9.68. The standard InChI is InChI=1S/C8H9F2O2P/c1-11-8-4-2-7(3-5-8)6-12-13(9)10/h2-5H,6H2,1H3. The highest BCUT2D eigenvalue weighted by molar-refractivity contribution is 7.40. The van der Waals surface area contributed by atoms with Gasteiger partial charge < -0.3 is 9.26 Å². The third-order valence-electron chi connectivity index (χ3n) is 1.49. The van der Waals surface area contributed by atoms with Crippen molar-refractivity contribution >= 4 is 8.77 Å². The van der Waals surface area contributed by atoms with E-state index in [2.05, 4.69) is 4.52 Å². The van der Waals surface area contributed by atoms with Gasteiger partial charge in [0.1, 0.15) is 5.75 Å². The molecule has 0 heterocycles. The van der Waals surface area contributed by atoms with E-state index < -0.39 is 8.77 Å². The van der Waals surface area contributed by atoms with Crippen LogP contribution in [0.3, 0.4) is 0 Å². The SMILES string of the molecule is COc1ccc(COP(F)F)cc1. The number of benzene rings is 1. The van der Waals surface area contributed by atoms with Crippen LogP contribution in [0.15, 0.2) is 24.3 Å². The highest BCUT2D eigenvalue weighted by Gasteiger charge is 2.04. The van der Waals surface area contributed by atoms with Crippen molar-refractivity contribution in [2.75, 3.05) is 7.11 Å². The number of rotatable bonds is 4. The van der Waals surface area contributed by atoms with Gasteiger partial charge in [0.25, 0.3) is 0 Å². The lowest BCUT2D eigenvalue weighted by atomic mass is 10.2. The Balaban J connectivity index is 2.49. The maximum Gasteiger partial charge on any atom is 0.415 e. The molecule has 0 aliphatic carbocycles. The Bertz CT molecular complexity index is 251. The fraction of sp³-hybridized carbons (Fsp3) is 0.250. The Kier molecular flexibility index (Phi) is 4.06. The van der Waals surface area contributed by atoms with Crippen LogP contribution in [0.2, 0.25) is 0 Å². The van der Waals surface area contributed by atoms with Gasteiger partial charge in [0, 0.05) is 0 Å². The zero-order valence-corrected chi connectivity index (χ0v) is 7.93. The maximum absolute atomic E-state index is 11.7. The Morgan fingerprint density at radius 2 is 1.85 bits per heavy atom. The van der Waals surface area contributed by atoms with E-state index in [4.69, 9.17) is 4.74 Å². The molecule has 0 saturated carbocycles. The molecular weight excluding hydrogens is 197 g/mol. The van der Waals surface area contributed by atoms with Crippen LogP contribution in [-0.2, 0) is 11.1 Å². The molecule has 0 spiro atoms. The van der Waals surface area contributed by atoms with Crippen LogP contribution in [-0.4, -0.2) is 7.11 Å². The molecule has 0 N–H and O–H groups in total. The molecule has 5 heteroatoms. The first kappa shape index (κ1) is 10.4. The first-order valence-electron chi connectivity index (χ1n) is 3.60. The van der Waals surface area contributed by atoms with Gasteiger partial charge in [-0.1, -0.05) is 12.1 Å². The predicted molar refractivity (Wildman–Crippen MR) is 46.9 cm³/mol. The molecule has 0 aliphatic rings. The largest absolute Gasteiger partial charge is 0.497 e. The third kappa shape index (κ3) is 3.66. The van der Waals surface area contributed by atoms with Gasteiger partial charge in [-0.25, -0.2) is 0 Å². The summed E-state index contributed by atoms with van der Waals surface area (Å²) in [6.45, 7) is -0.0529. The number of halogens is 2. The minimum atomic E-state index is -3.27. The molecule has 13 heavy (non-hydrogen) atoms. The van der Waals surface area contributed by atoms with Crippen molar-refractivity contribution < 1.29 is 17.7 Å². The van der Waals surface area contributed by atoms with Gasteiger partial charge in [-0.2, -0.15) is 8.39 Å². The highest BCUT2D eigenvalue weighted by atomic mass is 31.2. The molecule has 0 saturated heterocycles. The van der Waals surface area contributed by atoms with E-state index in [1.54, 1.807) is 31.4 Å². The second-order valence-corrected chi connectivity index (χ2v) is 2.99. The lowest BCUT2D eigenvalue weighted by molar-refractivity contribution is 0.297. The van der Waals surface area contributed by atoms with Crippen molar-refractivity contribution in [2.45, 2.75) is 6.61 Å². The molecule has 1 aromatic rings. The van der Waals surface area contributed by atoms with Crippen LogP contribution >= 0.6 is 8.77 Å². The molecule has 72 valence electrons. The lowest BCUT2D eigenvalue weighted by Crippen LogP contribution is -1.86. The third-order valence-corrected chi connectivity index (χ3v) is 1.81. The fourth-order valence-corrected chi connectivity index (χ4v) is 1.09. The van der Waals surface area contributed by atoms with Crippen molar-refractivity contribution in [3.05, 3.63) is 29.8 Å². The second-order valence-electron chi connectivity index (χ2n) is 2.32. The smallest absolute Gasteiger partial charge is 0.415 e. The van der Waals surface area contributed by atoms with Gasteiger partial charge in [-0.3, -0.25) is 0 Å². The Hall–Kier alpha value is -0.730. The minimum Gasteiger partial charge on any atom is -0.497 e. The van der Waals surface area contributed by atoms with E-state index >= 15 is 0 Å². The molecule has 0 aromatic heterocycles. The summed E-state index contributed by atoms with van der Waals surface area (Å²) in [4.78, 5) is 0. The van der Waals surface area contributed by atoms with Gasteiger partial charge in [0.2, 0.25) is 0 Å². The van der Waals surface area contributed by atoms with Crippen LogP contribution < -0.4 is 4.74 Å². The summed E-state index contributed by atoms with van der Waals surface area (Å²) in [6, 6.07) is 6.80. The van der Waals surface area contributed by atoms with Crippen molar-refractivity contribution in [1.82, 2.24) is 0 Å². The van der Waals surface area contributed by atoms with Crippen molar-refractivity contribution in [3.8, 4) is 5.75 Å². The molecule has 0 bridgehead atoms. The van der Waals surface area contributed by atoms with E-state index in [1.165, 1.54) is 0 Å². The van der Waals surface area contributed by atoms with Gasteiger partial charge >= 0.3 is 8.77 Å². The average molecular weight is 206 g/mol. The summed E-state index contributed by atoms with van der Waals surface area (Å²) in [6.07, 6.45) is 0. The molecule has 0 fully saturated rings. The van der Waals surface area contributed by atoms with E-state index in [9.17, 15) is 8.39 Å². The topological polar surface area (TPSA) is 18.5 Å². The summed E-state index contributed by atoms with van der Waals surface area (Å²) >= 11 is 0. The number of ether oxygens (including phenoxy) is 1. The van der Waals surface area contributed by atoms with E-state index in [0.717, 1.165) is 0 Å². The molecule has 2 nitrogen and oxygen atoms in total. The molecule has 0 atom stereocenters. The van der Waals surface area contributed by atoms with Crippen LogP contribution in [0.4, 0.5) is 8.39 Å². The van der Waals surface area contributed by atoms with Gasteiger partial charge in [-0.05, 0) is 17.7 Å². The van der Waals surface area contributed by atoms with E-state index in [1.807, 2.05) is 0 Å². The van der Waals surface area contributed by atoms with Crippen LogP contribution in [0, 0.1) is 0 Å². The van der Waals surface area contributed by atoms with Crippen molar-refractivity contribution in [3.63, 3.8) is 0 Å². The number of hydrogen-bond acceptors (Lipinski definition) is 2. The summed E-state index contributed by atoms with van der Waals surface area (Å²) in [5.41, 5.74) is 0.712. The van der Waals surface area contributed by atoms with E-state index in [-0.39, 0.29) is 6.61 Å². The Morgan fingerprint density at radius 3 is 2.31 bits per heavy atom. The van der Waals surface area contributed by atoms with Crippen molar-refractivity contribution in [2.24, 2.45) is 0 Å².